The van der Waals surface area contributed by atoms with E-state index in [4.69, 9.17) is 4.74 Å². The molecule has 0 bridgehead atoms. The van der Waals surface area contributed by atoms with Crippen LogP contribution in [0.3, 0.4) is 0 Å². The molecule has 4 rings (SSSR count). The molecular weight excluding hydrogens is 350 g/mol. The van der Waals surface area contributed by atoms with Gasteiger partial charge in [0.1, 0.15) is 11.4 Å². The number of fused-ring (bicyclic) bond motifs is 3. The van der Waals surface area contributed by atoms with E-state index < -0.39 is 11.2 Å². The molecule has 3 fully saturated rings. The molecule has 0 spiro atoms. The Labute approximate surface area is 169 Å². The van der Waals surface area contributed by atoms with E-state index in [2.05, 4.69) is 40.3 Å². The first kappa shape index (κ1) is 19.9. The molecule has 0 radical (unpaired) electrons. The molecule has 0 aromatic heterocycles. The molecule has 2 heterocycles. The van der Waals surface area contributed by atoms with E-state index in [1.807, 2.05) is 11.8 Å². The number of allylic oxidation sites excluding steroid dienone is 1. The third-order valence-electron chi connectivity index (χ3n) is 8.14. The van der Waals surface area contributed by atoms with Crippen molar-refractivity contribution in [1.29, 1.82) is 0 Å². The van der Waals surface area contributed by atoms with Crippen molar-refractivity contribution in [2.24, 2.45) is 16.7 Å². The Balaban J connectivity index is 1.93. The number of likely N-dealkylation sites (tertiary alicyclic amines) is 1. The van der Waals surface area contributed by atoms with Crippen LogP contribution in [0.25, 0.3) is 0 Å². The minimum atomic E-state index is -0.732. The van der Waals surface area contributed by atoms with Gasteiger partial charge in [-0.25, -0.2) is 0 Å². The topological polar surface area (TPSA) is 46.6 Å². The first-order valence-corrected chi connectivity index (χ1v) is 10.9. The van der Waals surface area contributed by atoms with E-state index in [9.17, 15) is 9.59 Å². The number of amides is 1. The van der Waals surface area contributed by atoms with Gasteiger partial charge >= 0.3 is 0 Å². The number of carbonyl (C=O) groups is 2. The normalized spacial score (nSPS) is 45.3. The Bertz CT molecular complexity index is 768. The van der Waals surface area contributed by atoms with Gasteiger partial charge in [0, 0.05) is 24.8 Å². The molecule has 1 saturated carbocycles. The highest BCUT2D eigenvalue weighted by molar-refractivity contribution is 5.87. The molecule has 1 amide bonds. The minimum absolute atomic E-state index is 0.0365. The van der Waals surface area contributed by atoms with Crippen LogP contribution in [-0.4, -0.2) is 40.4 Å². The number of hydrogen-bond acceptors (Lipinski definition) is 3. The molecule has 4 heteroatoms. The van der Waals surface area contributed by atoms with Gasteiger partial charge in [0.2, 0.25) is 5.91 Å². The molecule has 2 aliphatic carbocycles. The highest BCUT2D eigenvalue weighted by Crippen LogP contribution is 2.63. The predicted octanol–water partition coefficient (Wildman–Crippen LogP) is 4.44. The summed E-state index contributed by atoms with van der Waals surface area (Å²) in [7, 11) is 0. The summed E-state index contributed by atoms with van der Waals surface area (Å²) in [5.74, 6) is 0.213. The lowest BCUT2D eigenvalue weighted by molar-refractivity contribution is -0.223. The van der Waals surface area contributed by atoms with Crippen molar-refractivity contribution in [3.05, 3.63) is 24.3 Å². The van der Waals surface area contributed by atoms with Crippen LogP contribution in [0.5, 0.6) is 0 Å². The third kappa shape index (κ3) is 2.59. The van der Waals surface area contributed by atoms with Gasteiger partial charge in [0.25, 0.3) is 0 Å². The molecule has 5 atom stereocenters. The number of Topliss-reactive ketones (excluding diaryl/α,β-unsaturated/α-hetero) is 1. The zero-order valence-corrected chi connectivity index (χ0v) is 18.1. The fourth-order valence-corrected chi connectivity index (χ4v) is 7.04. The fourth-order valence-electron chi connectivity index (χ4n) is 7.04. The smallest absolute Gasteiger partial charge is 0.223 e. The average Bonchev–Trinajstić information content (AvgIpc) is 2.98. The van der Waals surface area contributed by atoms with Crippen LogP contribution in [0, 0.1) is 16.7 Å². The van der Waals surface area contributed by atoms with Gasteiger partial charge in [-0.05, 0) is 38.5 Å². The van der Waals surface area contributed by atoms with Crippen molar-refractivity contribution in [3.8, 4) is 0 Å². The van der Waals surface area contributed by atoms with E-state index in [1.165, 1.54) is 5.57 Å². The van der Waals surface area contributed by atoms with Crippen LogP contribution in [-0.2, 0) is 14.3 Å². The number of nitrogens with zero attached hydrogens (tertiary/aromatic N) is 1. The monoisotopic (exact) mass is 385 g/mol. The van der Waals surface area contributed by atoms with Crippen LogP contribution in [0.2, 0.25) is 0 Å². The lowest BCUT2D eigenvalue weighted by atomic mass is 9.47. The number of carbonyl (C=O) groups excluding carboxylic acids is 2. The summed E-state index contributed by atoms with van der Waals surface area (Å²) in [6.45, 7) is 15.6. The van der Waals surface area contributed by atoms with Crippen LogP contribution >= 0.6 is 0 Å². The third-order valence-corrected chi connectivity index (χ3v) is 8.14. The molecular formula is C24H35NO3. The van der Waals surface area contributed by atoms with Gasteiger partial charge in [-0.3, -0.25) is 9.59 Å². The minimum Gasteiger partial charge on any atom is -0.361 e. The van der Waals surface area contributed by atoms with E-state index in [0.717, 1.165) is 32.2 Å². The number of hydrogen-bond donors (Lipinski definition) is 0. The second-order valence-corrected chi connectivity index (χ2v) is 10.7. The largest absolute Gasteiger partial charge is 0.361 e. The highest BCUT2D eigenvalue weighted by Gasteiger charge is 2.66. The molecule has 0 N–H and O–H groups in total. The summed E-state index contributed by atoms with van der Waals surface area (Å²) in [6.07, 6.45) is 9.16. The van der Waals surface area contributed by atoms with Crippen LogP contribution in [0.4, 0.5) is 0 Å². The quantitative estimate of drug-likeness (QED) is 0.660. The van der Waals surface area contributed by atoms with E-state index in [0.29, 0.717) is 12.8 Å². The van der Waals surface area contributed by atoms with Gasteiger partial charge in [-0.2, -0.15) is 0 Å². The first-order valence-electron chi connectivity index (χ1n) is 10.9. The lowest BCUT2D eigenvalue weighted by Crippen LogP contribution is -2.70. The van der Waals surface area contributed by atoms with Gasteiger partial charge in [-0.1, -0.05) is 44.9 Å². The lowest BCUT2D eigenvalue weighted by Gasteiger charge is -2.63. The molecule has 0 aromatic rings. The zero-order valence-electron chi connectivity index (χ0n) is 18.1. The first-order chi connectivity index (χ1) is 13.0. The number of ketones is 1. The summed E-state index contributed by atoms with van der Waals surface area (Å²) >= 11 is 0. The Morgan fingerprint density at radius 3 is 2.46 bits per heavy atom. The molecule has 0 unspecified atom stereocenters. The molecule has 0 aromatic carbocycles. The Kier molecular flexibility index (Phi) is 4.29. The maximum absolute atomic E-state index is 13.7. The maximum atomic E-state index is 13.7. The van der Waals surface area contributed by atoms with Crippen molar-refractivity contribution in [2.45, 2.75) is 90.4 Å². The van der Waals surface area contributed by atoms with Crippen molar-refractivity contribution < 1.29 is 14.3 Å². The van der Waals surface area contributed by atoms with Gasteiger partial charge < -0.3 is 9.64 Å². The number of ether oxygens (including phenoxy) is 1. The van der Waals surface area contributed by atoms with Crippen LogP contribution in [0.1, 0.15) is 73.1 Å². The van der Waals surface area contributed by atoms with E-state index in [1.54, 1.807) is 6.08 Å². The van der Waals surface area contributed by atoms with Gasteiger partial charge in [-0.15, -0.1) is 6.58 Å². The van der Waals surface area contributed by atoms with Crippen LogP contribution < -0.4 is 0 Å². The second-order valence-electron chi connectivity index (χ2n) is 10.7. The van der Waals surface area contributed by atoms with Crippen molar-refractivity contribution in [2.75, 3.05) is 6.54 Å². The van der Waals surface area contributed by atoms with E-state index in [-0.39, 0.29) is 34.5 Å². The second kappa shape index (κ2) is 6.04. The predicted molar refractivity (Wildman–Crippen MR) is 110 cm³/mol. The summed E-state index contributed by atoms with van der Waals surface area (Å²) in [5, 5.41) is 0. The Hall–Kier alpha value is -1.42. The summed E-state index contributed by atoms with van der Waals surface area (Å²) in [4.78, 5) is 28.4. The standard InChI is InChI=1S/C24H35NO3/c1-7-22(4)15-16(26)20-23(5)12-9-11-21(2,3)17(23)14-18(24(20,6)28-22)25-13-8-10-19(25)27/h7,14,18,20H,1,8-13,15H2,2-6H3/t18-,20-,22+,23+,24-/m1/s1. The SMILES string of the molecule is C=C[C@@]1(C)CC(=O)[C@H]2[C@](C)(O1)[C@H](N1CCCC1=O)C=C1C(C)(C)CCC[C@@]12C. The maximum Gasteiger partial charge on any atom is 0.223 e. The van der Waals surface area contributed by atoms with Crippen LogP contribution in [0.15, 0.2) is 24.3 Å². The van der Waals surface area contributed by atoms with E-state index >= 15 is 0 Å². The molecule has 4 aliphatic rings. The van der Waals surface area contributed by atoms with Gasteiger partial charge in [0.15, 0.2) is 0 Å². The molecule has 4 nitrogen and oxygen atoms in total. The zero-order chi connectivity index (χ0) is 20.5. The molecule has 2 aliphatic heterocycles. The van der Waals surface area contributed by atoms with Crippen molar-refractivity contribution in [3.63, 3.8) is 0 Å². The number of rotatable bonds is 2. The molecule has 28 heavy (non-hydrogen) atoms. The fraction of sp³-hybridized carbons (Fsp3) is 0.750. The van der Waals surface area contributed by atoms with Crippen molar-refractivity contribution >= 4 is 11.7 Å². The summed E-state index contributed by atoms with van der Waals surface area (Å²) in [6, 6.07) is -0.198. The van der Waals surface area contributed by atoms with Gasteiger partial charge in [0.05, 0.1) is 17.6 Å². The summed E-state index contributed by atoms with van der Waals surface area (Å²) in [5.41, 5.74) is -0.235. The summed E-state index contributed by atoms with van der Waals surface area (Å²) < 4.78 is 6.76. The average molecular weight is 386 g/mol. The Morgan fingerprint density at radius 2 is 1.86 bits per heavy atom. The van der Waals surface area contributed by atoms with Crippen molar-refractivity contribution in [1.82, 2.24) is 4.90 Å². The molecule has 154 valence electrons. The Morgan fingerprint density at radius 1 is 1.14 bits per heavy atom. The molecule has 2 saturated heterocycles. The highest BCUT2D eigenvalue weighted by atomic mass is 16.5.